The Balaban J connectivity index is 1.83. The molecule has 0 aliphatic rings. The van der Waals surface area contributed by atoms with Crippen LogP contribution in [0, 0.1) is 5.82 Å². The van der Waals surface area contributed by atoms with E-state index in [-0.39, 0.29) is 12.4 Å². The van der Waals surface area contributed by atoms with Crippen LogP contribution in [0.1, 0.15) is 5.76 Å². The predicted molar refractivity (Wildman–Crippen MR) is 71.3 cm³/mol. The standard InChI is InChI=1S/C14H15FN2O3/c15-11-3-1-10(2-4-11)13-6-5-12(20-13)9-17-7-8-19-14(16)18/h1-6,17H,7-9H2,(H2,16,18). The van der Waals surface area contributed by atoms with Gasteiger partial charge in [0.15, 0.2) is 0 Å². The zero-order valence-electron chi connectivity index (χ0n) is 10.8. The Labute approximate surface area is 115 Å². The number of nitrogens with one attached hydrogen (secondary N) is 1. The van der Waals surface area contributed by atoms with Crippen LogP contribution in [-0.2, 0) is 11.3 Å². The van der Waals surface area contributed by atoms with Gasteiger partial charge in [-0.05, 0) is 36.4 Å². The van der Waals surface area contributed by atoms with Crippen molar-refractivity contribution in [1.29, 1.82) is 0 Å². The second-order valence-electron chi connectivity index (χ2n) is 4.12. The van der Waals surface area contributed by atoms with Gasteiger partial charge in [-0.2, -0.15) is 0 Å². The predicted octanol–water partition coefficient (Wildman–Crippen LogP) is 2.27. The number of amides is 1. The number of primary amides is 1. The van der Waals surface area contributed by atoms with Gasteiger partial charge >= 0.3 is 6.09 Å². The molecular weight excluding hydrogens is 263 g/mol. The van der Waals surface area contributed by atoms with E-state index in [2.05, 4.69) is 10.1 Å². The van der Waals surface area contributed by atoms with Crippen LogP contribution in [0.25, 0.3) is 11.3 Å². The molecule has 0 spiro atoms. The average Bonchev–Trinajstić information content (AvgIpc) is 2.87. The SMILES string of the molecule is NC(=O)OCCNCc1ccc(-c2ccc(F)cc2)o1. The minimum Gasteiger partial charge on any atom is -0.460 e. The first kappa shape index (κ1) is 14.1. The van der Waals surface area contributed by atoms with E-state index < -0.39 is 6.09 Å². The summed E-state index contributed by atoms with van der Waals surface area (Å²) in [7, 11) is 0. The fraction of sp³-hybridized carbons (Fsp3) is 0.214. The molecule has 0 unspecified atom stereocenters. The highest BCUT2D eigenvalue weighted by molar-refractivity contribution is 5.64. The summed E-state index contributed by atoms with van der Waals surface area (Å²) in [5.74, 6) is 1.13. The van der Waals surface area contributed by atoms with Gasteiger partial charge in [-0.1, -0.05) is 0 Å². The molecule has 0 bridgehead atoms. The fourth-order valence-electron chi connectivity index (χ4n) is 1.68. The number of halogens is 1. The Morgan fingerprint density at radius 3 is 2.70 bits per heavy atom. The van der Waals surface area contributed by atoms with Crippen LogP contribution in [0.15, 0.2) is 40.8 Å². The fourth-order valence-corrected chi connectivity index (χ4v) is 1.68. The molecule has 1 amide bonds. The summed E-state index contributed by atoms with van der Waals surface area (Å²) in [6.45, 7) is 1.19. The maximum Gasteiger partial charge on any atom is 0.404 e. The summed E-state index contributed by atoms with van der Waals surface area (Å²) in [5, 5.41) is 3.04. The van der Waals surface area contributed by atoms with Crippen LogP contribution >= 0.6 is 0 Å². The molecule has 0 aliphatic carbocycles. The van der Waals surface area contributed by atoms with Gasteiger partial charge in [0.2, 0.25) is 0 Å². The van der Waals surface area contributed by atoms with Gasteiger partial charge in [-0.15, -0.1) is 0 Å². The second-order valence-corrected chi connectivity index (χ2v) is 4.12. The number of carbonyl (C=O) groups excluding carboxylic acids is 1. The molecule has 0 saturated carbocycles. The molecule has 2 aromatic rings. The summed E-state index contributed by atoms with van der Waals surface area (Å²) in [5.41, 5.74) is 5.64. The van der Waals surface area contributed by atoms with Crippen molar-refractivity contribution >= 4 is 6.09 Å². The van der Waals surface area contributed by atoms with Crippen molar-refractivity contribution in [2.75, 3.05) is 13.2 Å². The van der Waals surface area contributed by atoms with Crippen molar-refractivity contribution in [3.63, 3.8) is 0 Å². The van der Waals surface area contributed by atoms with Crippen LogP contribution in [-0.4, -0.2) is 19.2 Å². The summed E-state index contributed by atoms with van der Waals surface area (Å²) in [4.78, 5) is 10.3. The Kier molecular flexibility index (Phi) is 4.73. The Hall–Kier alpha value is -2.34. The third-order valence-corrected chi connectivity index (χ3v) is 2.61. The summed E-state index contributed by atoms with van der Waals surface area (Å²) in [6, 6.07) is 9.75. The molecular formula is C14H15FN2O3. The smallest absolute Gasteiger partial charge is 0.404 e. The van der Waals surface area contributed by atoms with Crippen LogP contribution < -0.4 is 11.1 Å². The number of hydrogen-bond donors (Lipinski definition) is 2. The molecule has 20 heavy (non-hydrogen) atoms. The molecule has 5 nitrogen and oxygen atoms in total. The maximum atomic E-state index is 12.8. The van der Waals surface area contributed by atoms with Gasteiger partial charge in [0.1, 0.15) is 23.9 Å². The molecule has 6 heteroatoms. The first-order valence-corrected chi connectivity index (χ1v) is 6.13. The molecule has 0 atom stereocenters. The van der Waals surface area contributed by atoms with Gasteiger partial charge < -0.3 is 20.2 Å². The number of hydrogen-bond acceptors (Lipinski definition) is 4. The lowest BCUT2D eigenvalue weighted by atomic mass is 10.2. The molecule has 1 aromatic heterocycles. The van der Waals surface area contributed by atoms with E-state index in [1.807, 2.05) is 12.1 Å². The highest BCUT2D eigenvalue weighted by Crippen LogP contribution is 2.22. The topological polar surface area (TPSA) is 77.5 Å². The van der Waals surface area contributed by atoms with Crippen LogP contribution in [0.4, 0.5) is 9.18 Å². The normalized spacial score (nSPS) is 10.4. The van der Waals surface area contributed by atoms with Crippen LogP contribution in [0.5, 0.6) is 0 Å². The van der Waals surface area contributed by atoms with Gasteiger partial charge in [-0.3, -0.25) is 0 Å². The molecule has 0 fully saturated rings. The quantitative estimate of drug-likeness (QED) is 0.795. The molecule has 1 aromatic carbocycles. The van der Waals surface area contributed by atoms with Crippen molar-refractivity contribution in [2.45, 2.75) is 6.54 Å². The number of benzene rings is 1. The van der Waals surface area contributed by atoms with Crippen molar-refractivity contribution in [3.8, 4) is 11.3 Å². The maximum absolute atomic E-state index is 12.8. The molecule has 0 radical (unpaired) electrons. The Morgan fingerprint density at radius 1 is 1.25 bits per heavy atom. The average molecular weight is 278 g/mol. The number of carbonyl (C=O) groups is 1. The molecule has 0 saturated heterocycles. The third-order valence-electron chi connectivity index (χ3n) is 2.61. The largest absolute Gasteiger partial charge is 0.460 e. The number of nitrogens with two attached hydrogens (primary N) is 1. The summed E-state index contributed by atoms with van der Waals surface area (Å²) >= 11 is 0. The molecule has 0 aliphatic heterocycles. The minimum absolute atomic E-state index is 0.209. The zero-order valence-corrected chi connectivity index (χ0v) is 10.8. The van der Waals surface area contributed by atoms with Crippen molar-refractivity contribution in [3.05, 3.63) is 48.0 Å². The summed E-state index contributed by atoms with van der Waals surface area (Å²) in [6.07, 6.45) is -0.789. The number of rotatable bonds is 6. The van der Waals surface area contributed by atoms with E-state index in [9.17, 15) is 9.18 Å². The third kappa shape index (κ3) is 4.10. The lowest BCUT2D eigenvalue weighted by Gasteiger charge is -2.02. The van der Waals surface area contributed by atoms with Crippen molar-refractivity contribution in [1.82, 2.24) is 5.32 Å². The van der Waals surface area contributed by atoms with Crippen molar-refractivity contribution < 1.29 is 18.3 Å². The Bertz CT molecular complexity index is 566. The van der Waals surface area contributed by atoms with E-state index in [1.54, 1.807) is 12.1 Å². The first-order valence-electron chi connectivity index (χ1n) is 6.13. The van der Waals surface area contributed by atoms with E-state index in [4.69, 9.17) is 10.2 Å². The van der Waals surface area contributed by atoms with Gasteiger partial charge in [0, 0.05) is 12.1 Å². The van der Waals surface area contributed by atoms with Gasteiger partial charge in [0.05, 0.1) is 6.54 Å². The number of ether oxygens (including phenoxy) is 1. The molecule has 2 rings (SSSR count). The molecule has 1 heterocycles. The monoisotopic (exact) mass is 278 g/mol. The van der Waals surface area contributed by atoms with E-state index >= 15 is 0 Å². The second kappa shape index (κ2) is 6.72. The van der Waals surface area contributed by atoms with Gasteiger partial charge in [-0.25, -0.2) is 9.18 Å². The minimum atomic E-state index is -0.789. The zero-order chi connectivity index (χ0) is 14.4. The summed E-state index contributed by atoms with van der Waals surface area (Å²) < 4.78 is 23.0. The molecule has 106 valence electrons. The van der Waals surface area contributed by atoms with E-state index in [0.717, 1.165) is 11.3 Å². The van der Waals surface area contributed by atoms with Gasteiger partial charge in [0.25, 0.3) is 0 Å². The highest BCUT2D eigenvalue weighted by Gasteiger charge is 2.04. The number of furan rings is 1. The van der Waals surface area contributed by atoms with E-state index in [0.29, 0.717) is 18.8 Å². The highest BCUT2D eigenvalue weighted by atomic mass is 19.1. The Morgan fingerprint density at radius 2 is 2.00 bits per heavy atom. The van der Waals surface area contributed by atoms with E-state index in [1.165, 1.54) is 12.1 Å². The lowest BCUT2D eigenvalue weighted by Crippen LogP contribution is -2.23. The van der Waals surface area contributed by atoms with Crippen molar-refractivity contribution in [2.24, 2.45) is 5.73 Å². The van der Waals surface area contributed by atoms with Crippen LogP contribution in [0.3, 0.4) is 0 Å². The lowest BCUT2D eigenvalue weighted by molar-refractivity contribution is 0.157. The molecule has 3 N–H and O–H groups in total. The first-order chi connectivity index (χ1) is 9.65. The van der Waals surface area contributed by atoms with Crippen LogP contribution in [0.2, 0.25) is 0 Å².